The van der Waals surface area contributed by atoms with Crippen LogP contribution in [0.2, 0.25) is 0 Å². The Morgan fingerprint density at radius 1 is 0.380 bits per heavy atom. The minimum Gasteiger partial charge on any atom is -0.462 e. The predicted molar refractivity (Wildman–Crippen MR) is 210 cm³/mol. The van der Waals surface area contributed by atoms with E-state index in [2.05, 4.69) is 32.9 Å². The van der Waals surface area contributed by atoms with E-state index in [0.29, 0.717) is 19.3 Å². The molecule has 0 amide bonds. The SMILES string of the molecule is CCCCCC/C=C\CCCCCCCC(=O)OCC(COC(=O)CCCCCCCCC)OC(=O)CCCCCCCCCCCCCC. The van der Waals surface area contributed by atoms with Gasteiger partial charge in [0.05, 0.1) is 0 Å². The van der Waals surface area contributed by atoms with Gasteiger partial charge in [-0.3, -0.25) is 14.4 Å². The minimum atomic E-state index is -0.763. The van der Waals surface area contributed by atoms with Gasteiger partial charge in [-0.1, -0.05) is 181 Å². The summed E-state index contributed by atoms with van der Waals surface area (Å²) >= 11 is 0. The fraction of sp³-hybridized carbons (Fsp3) is 0.886. The van der Waals surface area contributed by atoms with Crippen LogP contribution in [0.4, 0.5) is 0 Å². The summed E-state index contributed by atoms with van der Waals surface area (Å²) in [5, 5.41) is 0. The van der Waals surface area contributed by atoms with Crippen LogP contribution in [0.25, 0.3) is 0 Å². The third-order valence-electron chi connectivity index (χ3n) is 9.52. The highest BCUT2D eigenvalue weighted by molar-refractivity contribution is 5.71. The summed E-state index contributed by atoms with van der Waals surface area (Å²) in [6, 6.07) is 0. The van der Waals surface area contributed by atoms with Crippen molar-refractivity contribution in [1.29, 1.82) is 0 Å². The lowest BCUT2D eigenvalue weighted by molar-refractivity contribution is -0.167. The van der Waals surface area contributed by atoms with Gasteiger partial charge in [-0.25, -0.2) is 0 Å². The van der Waals surface area contributed by atoms with E-state index >= 15 is 0 Å². The van der Waals surface area contributed by atoms with Crippen molar-refractivity contribution in [2.45, 2.75) is 239 Å². The number of carbonyl (C=O) groups is 3. The summed E-state index contributed by atoms with van der Waals surface area (Å²) in [7, 11) is 0. The zero-order valence-corrected chi connectivity index (χ0v) is 33.4. The number of unbranched alkanes of at least 4 members (excludes halogenated alkanes) is 26. The molecule has 0 fully saturated rings. The van der Waals surface area contributed by atoms with Crippen molar-refractivity contribution in [2.75, 3.05) is 13.2 Å². The quantitative estimate of drug-likeness (QED) is 0.0274. The first-order chi connectivity index (χ1) is 24.5. The molecule has 0 aliphatic heterocycles. The molecule has 0 aliphatic carbocycles. The monoisotopic (exact) mass is 707 g/mol. The first kappa shape index (κ1) is 48.1. The molecule has 0 spiro atoms. The van der Waals surface area contributed by atoms with Crippen LogP contribution in [0.1, 0.15) is 233 Å². The van der Waals surface area contributed by atoms with Gasteiger partial charge in [0.2, 0.25) is 0 Å². The molecule has 0 aromatic heterocycles. The van der Waals surface area contributed by atoms with Gasteiger partial charge < -0.3 is 14.2 Å². The first-order valence-corrected chi connectivity index (χ1v) is 21.7. The molecule has 0 aromatic rings. The fourth-order valence-corrected chi connectivity index (χ4v) is 6.20. The normalized spacial score (nSPS) is 12.0. The third-order valence-corrected chi connectivity index (χ3v) is 9.52. The lowest BCUT2D eigenvalue weighted by Crippen LogP contribution is -2.30. The van der Waals surface area contributed by atoms with Crippen molar-refractivity contribution in [3.8, 4) is 0 Å². The number of hydrogen-bond donors (Lipinski definition) is 0. The maximum absolute atomic E-state index is 12.6. The molecule has 0 heterocycles. The van der Waals surface area contributed by atoms with Gasteiger partial charge in [-0.15, -0.1) is 0 Å². The Bertz CT molecular complexity index is 778. The molecule has 0 aliphatic rings. The van der Waals surface area contributed by atoms with E-state index in [4.69, 9.17) is 14.2 Å². The van der Waals surface area contributed by atoms with Gasteiger partial charge in [-0.05, 0) is 44.9 Å². The molecular formula is C44H82O6. The van der Waals surface area contributed by atoms with Crippen molar-refractivity contribution in [1.82, 2.24) is 0 Å². The lowest BCUT2D eigenvalue weighted by atomic mass is 10.0. The number of hydrogen-bond acceptors (Lipinski definition) is 6. The second-order valence-corrected chi connectivity index (χ2v) is 14.6. The van der Waals surface area contributed by atoms with Crippen molar-refractivity contribution < 1.29 is 28.6 Å². The molecule has 0 saturated carbocycles. The van der Waals surface area contributed by atoms with Gasteiger partial charge >= 0.3 is 17.9 Å². The molecule has 1 unspecified atom stereocenters. The molecule has 6 nitrogen and oxygen atoms in total. The Labute approximate surface area is 310 Å². The van der Waals surface area contributed by atoms with E-state index < -0.39 is 6.10 Å². The Morgan fingerprint density at radius 3 is 1.02 bits per heavy atom. The summed E-state index contributed by atoms with van der Waals surface area (Å²) in [5.74, 6) is -0.880. The molecule has 0 N–H and O–H groups in total. The van der Waals surface area contributed by atoms with Crippen molar-refractivity contribution in [3.05, 3.63) is 12.2 Å². The van der Waals surface area contributed by atoms with E-state index in [9.17, 15) is 14.4 Å². The largest absolute Gasteiger partial charge is 0.462 e. The van der Waals surface area contributed by atoms with Gasteiger partial charge in [-0.2, -0.15) is 0 Å². The number of ether oxygens (including phenoxy) is 3. The van der Waals surface area contributed by atoms with Gasteiger partial charge in [0, 0.05) is 19.3 Å². The summed E-state index contributed by atoms with van der Waals surface area (Å²) in [4.78, 5) is 37.5. The van der Waals surface area contributed by atoms with Gasteiger partial charge in [0.15, 0.2) is 6.10 Å². The zero-order valence-electron chi connectivity index (χ0n) is 33.4. The van der Waals surface area contributed by atoms with Crippen LogP contribution < -0.4 is 0 Å². The fourth-order valence-electron chi connectivity index (χ4n) is 6.20. The summed E-state index contributed by atoms with van der Waals surface area (Å²) in [6.07, 6.45) is 40.5. The Balaban J connectivity index is 4.31. The van der Waals surface area contributed by atoms with E-state index in [1.807, 2.05) is 0 Å². The molecule has 0 saturated heterocycles. The lowest BCUT2D eigenvalue weighted by Gasteiger charge is -2.18. The second kappa shape index (κ2) is 39.9. The first-order valence-electron chi connectivity index (χ1n) is 21.7. The van der Waals surface area contributed by atoms with Crippen molar-refractivity contribution in [3.63, 3.8) is 0 Å². The maximum Gasteiger partial charge on any atom is 0.306 e. The van der Waals surface area contributed by atoms with Crippen LogP contribution in [-0.4, -0.2) is 37.2 Å². The minimum absolute atomic E-state index is 0.0695. The Kier molecular flexibility index (Phi) is 38.5. The van der Waals surface area contributed by atoms with E-state index in [-0.39, 0.29) is 31.1 Å². The third kappa shape index (κ3) is 37.4. The van der Waals surface area contributed by atoms with E-state index in [0.717, 1.165) is 64.2 Å². The number of rotatable bonds is 39. The summed E-state index contributed by atoms with van der Waals surface area (Å²) in [6.45, 7) is 6.57. The molecule has 294 valence electrons. The number of allylic oxidation sites excluding steroid dienone is 2. The molecule has 0 rings (SSSR count). The van der Waals surface area contributed by atoms with Crippen LogP contribution in [-0.2, 0) is 28.6 Å². The standard InChI is InChI=1S/C44H82O6/c1-4-7-10-13-16-18-20-22-24-25-28-31-34-37-43(46)49-40-41(39-48-42(45)36-33-30-27-15-12-9-6-3)50-44(47)38-35-32-29-26-23-21-19-17-14-11-8-5-2/h18,20,41H,4-17,19,21-40H2,1-3H3/b20-18-. The maximum atomic E-state index is 12.6. The van der Waals surface area contributed by atoms with Crippen LogP contribution in [0, 0.1) is 0 Å². The molecule has 1 atom stereocenters. The molecule has 0 aromatic carbocycles. The van der Waals surface area contributed by atoms with Crippen LogP contribution in [0.15, 0.2) is 12.2 Å². The Hall–Kier alpha value is -1.85. The highest BCUT2D eigenvalue weighted by atomic mass is 16.6. The highest BCUT2D eigenvalue weighted by Gasteiger charge is 2.19. The molecule has 50 heavy (non-hydrogen) atoms. The molecule has 6 heteroatoms. The number of carbonyl (C=O) groups excluding carboxylic acids is 3. The Morgan fingerprint density at radius 2 is 0.660 bits per heavy atom. The van der Waals surface area contributed by atoms with E-state index in [1.165, 1.54) is 128 Å². The van der Waals surface area contributed by atoms with E-state index in [1.54, 1.807) is 0 Å². The predicted octanol–water partition coefficient (Wildman–Crippen LogP) is 13.5. The van der Waals surface area contributed by atoms with Crippen LogP contribution in [0.5, 0.6) is 0 Å². The molecule has 0 radical (unpaired) electrons. The van der Waals surface area contributed by atoms with Crippen LogP contribution in [0.3, 0.4) is 0 Å². The summed E-state index contributed by atoms with van der Waals surface area (Å²) < 4.78 is 16.6. The molecule has 0 bridgehead atoms. The van der Waals surface area contributed by atoms with Crippen molar-refractivity contribution in [2.24, 2.45) is 0 Å². The smallest absolute Gasteiger partial charge is 0.306 e. The average Bonchev–Trinajstić information content (AvgIpc) is 3.11. The van der Waals surface area contributed by atoms with Gasteiger partial charge in [0.25, 0.3) is 0 Å². The summed E-state index contributed by atoms with van der Waals surface area (Å²) in [5.41, 5.74) is 0. The van der Waals surface area contributed by atoms with Gasteiger partial charge in [0.1, 0.15) is 13.2 Å². The highest BCUT2D eigenvalue weighted by Crippen LogP contribution is 2.14. The second-order valence-electron chi connectivity index (χ2n) is 14.6. The average molecular weight is 707 g/mol. The number of esters is 3. The van der Waals surface area contributed by atoms with Crippen molar-refractivity contribution >= 4 is 17.9 Å². The topological polar surface area (TPSA) is 78.9 Å². The molecular weight excluding hydrogens is 624 g/mol. The zero-order chi connectivity index (χ0) is 36.6. The van der Waals surface area contributed by atoms with Crippen LogP contribution >= 0.6 is 0 Å².